The molecule has 0 aliphatic carbocycles. The molecule has 1 heterocycles. The van der Waals surface area contributed by atoms with Gasteiger partial charge in [-0.15, -0.1) is 0 Å². The number of nitrogens with one attached hydrogen (secondary N) is 1. The molecule has 4 rings (SSSR count). The molecule has 3 heteroatoms. The molecule has 128 valence electrons. The molecular formula is C22H22FNO. The lowest BCUT2D eigenvalue weighted by molar-refractivity contribution is 0.197. The average molecular weight is 335 g/mol. The van der Waals surface area contributed by atoms with Crippen LogP contribution in [-0.4, -0.2) is 19.7 Å². The second-order valence-electron chi connectivity index (χ2n) is 6.73. The predicted molar refractivity (Wildman–Crippen MR) is 99.6 cm³/mol. The zero-order valence-electron chi connectivity index (χ0n) is 14.1. The zero-order valence-corrected chi connectivity index (χ0v) is 14.1. The van der Waals surface area contributed by atoms with Crippen molar-refractivity contribution in [3.63, 3.8) is 0 Å². The first-order valence-corrected chi connectivity index (χ1v) is 8.87. The minimum Gasteiger partial charge on any atom is -0.493 e. The molecule has 2 atom stereocenters. The third-order valence-corrected chi connectivity index (χ3v) is 5.09. The van der Waals surface area contributed by atoms with Gasteiger partial charge in [-0.2, -0.15) is 0 Å². The summed E-state index contributed by atoms with van der Waals surface area (Å²) in [6.07, 6.45) is 1.05. The van der Waals surface area contributed by atoms with Gasteiger partial charge >= 0.3 is 0 Å². The van der Waals surface area contributed by atoms with Crippen LogP contribution in [0.1, 0.15) is 17.9 Å². The fourth-order valence-electron chi connectivity index (χ4n) is 3.71. The summed E-state index contributed by atoms with van der Waals surface area (Å²) in [5.41, 5.74) is 1.20. The van der Waals surface area contributed by atoms with Gasteiger partial charge < -0.3 is 10.1 Å². The maximum absolute atomic E-state index is 13.2. The van der Waals surface area contributed by atoms with Crippen molar-refractivity contribution in [2.75, 3.05) is 19.7 Å². The van der Waals surface area contributed by atoms with Crippen molar-refractivity contribution in [3.8, 4) is 5.75 Å². The van der Waals surface area contributed by atoms with E-state index in [1.807, 2.05) is 30.3 Å². The van der Waals surface area contributed by atoms with Crippen LogP contribution in [0.3, 0.4) is 0 Å². The summed E-state index contributed by atoms with van der Waals surface area (Å²) in [5, 5.41) is 5.87. The van der Waals surface area contributed by atoms with Gasteiger partial charge in [-0.3, -0.25) is 0 Å². The van der Waals surface area contributed by atoms with E-state index in [-0.39, 0.29) is 5.82 Å². The smallest absolute Gasteiger partial charge is 0.123 e. The Morgan fingerprint density at radius 1 is 0.960 bits per heavy atom. The van der Waals surface area contributed by atoms with Crippen LogP contribution in [0.5, 0.6) is 5.75 Å². The Balaban J connectivity index is 1.48. The van der Waals surface area contributed by atoms with Gasteiger partial charge in [-0.05, 0) is 59.5 Å². The summed E-state index contributed by atoms with van der Waals surface area (Å²) in [5.74, 6) is 1.51. The Hall–Kier alpha value is -2.39. The number of ether oxygens (including phenoxy) is 1. The number of fused-ring (bicyclic) bond motifs is 1. The summed E-state index contributed by atoms with van der Waals surface area (Å²) in [4.78, 5) is 0. The molecule has 0 saturated carbocycles. The summed E-state index contributed by atoms with van der Waals surface area (Å²) < 4.78 is 19.3. The fourth-order valence-corrected chi connectivity index (χ4v) is 3.71. The molecule has 3 aromatic carbocycles. The fraction of sp³-hybridized carbons (Fsp3) is 0.273. The lowest BCUT2D eigenvalue weighted by atomic mass is 9.81. The number of benzene rings is 3. The molecule has 0 amide bonds. The Morgan fingerprint density at radius 3 is 2.60 bits per heavy atom. The largest absolute Gasteiger partial charge is 0.493 e. The van der Waals surface area contributed by atoms with E-state index in [1.54, 1.807) is 12.1 Å². The zero-order chi connectivity index (χ0) is 17.1. The highest BCUT2D eigenvalue weighted by Crippen LogP contribution is 2.31. The molecule has 0 bridgehead atoms. The second kappa shape index (κ2) is 7.24. The van der Waals surface area contributed by atoms with Crippen molar-refractivity contribution in [1.82, 2.24) is 5.32 Å². The predicted octanol–water partition coefficient (Wildman–Crippen LogP) is 4.75. The molecular weight excluding hydrogens is 313 g/mol. The normalized spacial score (nSPS) is 20.5. The maximum atomic E-state index is 13.2. The molecule has 1 aliphatic rings. The van der Waals surface area contributed by atoms with Crippen molar-refractivity contribution < 1.29 is 9.13 Å². The van der Waals surface area contributed by atoms with Crippen LogP contribution in [0.15, 0.2) is 66.7 Å². The molecule has 3 aromatic rings. The molecule has 0 spiro atoms. The van der Waals surface area contributed by atoms with Crippen LogP contribution < -0.4 is 10.1 Å². The van der Waals surface area contributed by atoms with Gasteiger partial charge in [-0.1, -0.05) is 42.5 Å². The number of piperidine rings is 1. The van der Waals surface area contributed by atoms with Gasteiger partial charge in [0, 0.05) is 12.5 Å². The molecule has 1 fully saturated rings. The standard InChI is InChI=1S/C22H22FNO/c23-20-8-5-17(6-9-20)22-11-12-24-14-19(22)15-25-21-10-7-16-3-1-2-4-18(16)13-21/h1-10,13,19,22,24H,11-12,14-15H2/t19-,22-/m0/s1. The van der Waals surface area contributed by atoms with E-state index >= 15 is 0 Å². The quantitative estimate of drug-likeness (QED) is 0.743. The minimum absolute atomic E-state index is 0.179. The average Bonchev–Trinajstić information content (AvgIpc) is 2.67. The monoisotopic (exact) mass is 335 g/mol. The molecule has 25 heavy (non-hydrogen) atoms. The van der Waals surface area contributed by atoms with E-state index in [0.29, 0.717) is 18.4 Å². The second-order valence-corrected chi connectivity index (χ2v) is 6.73. The van der Waals surface area contributed by atoms with Crippen LogP contribution in [0.25, 0.3) is 10.8 Å². The van der Waals surface area contributed by atoms with Gasteiger partial charge in [0.25, 0.3) is 0 Å². The van der Waals surface area contributed by atoms with Crippen molar-refractivity contribution in [2.45, 2.75) is 12.3 Å². The molecule has 1 N–H and O–H groups in total. The number of halogens is 1. The van der Waals surface area contributed by atoms with Crippen LogP contribution in [0.4, 0.5) is 4.39 Å². The first kappa shape index (κ1) is 16.1. The van der Waals surface area contributed by atoms with Gasteiger partial charge in [0.05, 0.1) is 6.61 Å². The summed E-state index contributed by atoms with van der Waals surface area (Å²) in [6.45, 7) is 2.58. The van der Waals surface area contributed by atoms with Crippen molar-refractivity contribution >= 4 is 10.8 Å². The number of rotatable bonds is 4. The summed E-state index contributed by atoms with van der Waals surface area (Å²) in [6, 6.07) is 21.5. The Kier molecular flexibility index (Phi) is 4.66. The molecule has 2 nitrogen and oxygen atoms in total. The van der Waals surface area contributed by atoms with Gasteiger partial charge in [0.15, 0.2) is 0 Å². The van der Waals surface area contributed by atoms with E-state index in [2.05, 4.69) is 29.6 Å². The van der Waals surface area contributed by atoms with Gasteiger partial charge in [0.2, 0.25) is 0 Å². The molecule has 0 unspecified atom stereocenters. The van der Waals surface area contributed by atoms with E-state index in [1.165, 1.54) is 16.3 Å². The first-order valence-electron chi connectivity index (χ1n) is 8.87. The highest BCUT2D eigenvalue weighted by Gasteiger charge is 2.27. The third kappa shape index (κ3) is 3.67. The Morgan fingerprint density at radius 2 is 1.76 bits per heavy atom. The summed E-state index contributed by atoms with van der Waals surface area (Å²) in [7, 11) is 0. The number of hydrogen-bond donors (Lipinski definition) is 1. The van der Waals surface area contributed by atoms with Crippen LogP contribution in [-0.2, 0) is 0 Å². The highest BCUT2D eigenvalue weighted by atomic mass is 19.1. The van der Waals surface area contributed by atoms with Gasteiger partial charge in [-0.25, -0.2) is 4.39 Å². The first-order chi connectivity index (χ1) is 12.3. The van der Waals surface area contributed by atoms with Crippen molar-refractivity contribution in [1.29, 1.82) is 0 Å². The minimum atomic E-state index is -0.179. The Labute approximate surface area is 147 Å². The van der Waals surface area contributed by atoms with Crippen LogP contribution >= 0.6 is 0 Å². The number of hydrogen-bond acceptors (Lipinski definition) is 2. The van der Waals surface area contributed by atoms with Crippen molar-refractivity contribution in [2.24, 2.45) is 5.92 Å². The molecule has 0 aromatic heterocycles. The summed E-state index contributed by atoms with van der Waals surface area (Å²) >= 11 is 0. The third-order valence-electron chi connectivity index (χ3n) is 5.09. The van der Waals surface area contributed by atoms with E-state index in [9.17, 15) is 4.39 Å². The van der Waals surface area contributed by atoms with E-state index < -0.39 is 0 Å². The van der Waals surface area contributed by atoms with Crippen LogP contribution in [0, 0.1) is 11.7 Å². The lowest BCUT2D eigenvalue weighted by Crippen LogP contribution is -2.38. The lowest BCUT2D eigenvalue weighted by Gasteiger charge is -2.32. The SMILES string of the molecule is Fc1ccc([C@@H]2CCNC[C@H]2COc2ccc3ccccc3c2)cc1. The topological polar surface area (TPSA) is 21.3 Å². The highest BCUT2D eigenvalue weighted by molar-refractivity contribution is 5.83. The van der Waals surface area contributed by atoms with Gasteiger partial charge in [0.1, 0.15) is 11.6 Å². The van der Waals surface area contributed by atoms with E-state index in [0.717, 1.165) is 25.3 Å². The van der Waals surface area contributed by atoms with E-state index in [4.69, 9.17) is 4.74 Å². The molecule has 0 radical (unpaired) electrons. The van der Waals surface area contributed by atoms with Crippen LogP contribution in [0.2, 0.25) is 0 Å². The Bertz CT molecular complexity index is 846. The van der Waals surface area contributed by atoms with Crippen molar-refractivity contribution in [3.05, 3.63) is 78.1 Å². The molecule has 1 aliphatic heterocycles. The maximum Gasteiger partial charge on any atom is 0.123 e. The molecule has 1 saturated heterocycles.